The standard InChI is InChI=1S/C21H20N2O3S2/c1-3-26-17-10-6-15(7-11-17)12-18-20(25)23(21(27)28-18)13-19(24)22-16-8-4-14(2)5-9-16/h4-12H,3,13H2,1-2H3,(H,22,24)/b18-12+. The number of amides is 2. The first-order chi connectivity index (χ1) is 13.5. The summed E-state index contributed by atoms with van der Waals surface area (Å²) in [7, 11) is 0. The molecule has 0 aromatic heterocycles. The van der Waals surface area contributed by atoms with Crippen molar-refractivity contribution in [2.45, 2.75) is 13.8 Å². The smallest absolute Gasteiger partial charge is 0.266 e. The van der Waals surface area contributed by atoms with Gasteiger partial charge in [0.15, 0.2) is 0 Å². The van der Waals surface area contributed by atoms with E-state index in [2.05, 4.69) is 5.32 Å². The topological polar surface area (TPSA) is 58.6 Å². The Bertz CT molecular complexity index is 922. The van der Waals surface area contributed by atoms with Crippen LogP contribution in [0.1, 0.15) is 18.1 Å². The molecule has 1 heterocycles. The quantitative estimate of drug-likeness (QED) is 0.568. The van der Waals surface area contributed by atoms with E-state index in [1.54, 1.807) is 6.08 Å². The second kappa shape index (κ2) is 9.03. The molecular formula is C21H20N2O3S2. The minimum Gasteiger partial charge on any atom is -0.494 e. The Morgan fingerprint density at radius 2 is 1.86 bits per heavy atom. The van der Waals surface area contributed by atoms with Gasteiger partial charge in [-0.15, -0.1) is 0 Å². The summed E-state index contributed by atoms with van der Waals surface area (Å²) in [6.45, 7) is 4.39. The third-order valence-corrected chi connectivity index (χ3v) is 5.38. The van der Waals surface area contributed by atoms with Crippen LogP contribution in [0.2, 0.25) is 0 Å². The number of nitrogens with zero attached hydrogens (tertiary/aromatic N) is 1. The molecule has 0 unspecified atom stereocenters. The summed E-state index contributed by atoms with van der Waals surface area (Å²) in [6.07, 6.45) is 1.77. The van der Waals surface area contributed by atoms with Crippen LogP contribution in [0, 0.1) is 6.92 Å². The van der Waals surface area contributed by atoms with Crippen LogP contribution < -0.4 is 10.1 Å². The van der Waals surface area contributed by atoms with Crippen molar-refractivity contribution in [3.8, 4) is 5.75 Å². The number of hydrogen-bond donors (Lipinski definition) is 1. The normalized spacial score (nSPS) is 15.2. The number of carbonyl (C=O) groups is 2. The number of anilines is 1. The van der Waals surface area contributed by atoms with Crippen molar-refractivity contribution >= 4 is 51.9 Å². The van der Waals surface area contributed by atoms with Crippen molar-refractivity contribution in [1.82, 2.24) is 4.90 Å². The molecule has 5 nitrogen and oxygen atoms in total. The molecule has 1 aliphatic heterocycles. The highest BCUT2D eigenvalue weighted by atomic mass is 32.2. The van der Waals surface area contributed by atoms with Crippen molar-refractivity contribution in [2.75, 3.05) is 18.5 Å². The summed E-state index contributed by atoms with van der Waals surface area (Å²) in [5.41, 5.74) is 2.66. The first-order valence-electron chi connectivity index (χ1n) is 8.81. The molecule has 3 rings (SSSR count). The first-order valence-corrected chi connectivity index (χ1v) is 10.0. The fourth-order valence-corrected chi connectivity index (χ4v) is 3.85. The van der Waals surface area contributed by atoms with Crippen molar-refractivity contribution in [3.63, 3.8) is 0 Å². The maximum absolute atomic E-state index is 12.7. The molecule has 0 radical (unpaired) electrons. The molecule has 144 valence electrons. The molecule has 0 bridgehead atoms. The maximum atomic E-state index is 12.7. The van der Waals surface area contributed by atoms with E-state index in [0.717, 1.165) is 16.9 Å². The van der Waals surface area contributed by atoms with E-state index in [9.17, 15) is 9.59 Å². The lowest BCUT2D eigenvalue weighted by molar-refractivity contribution is -0.126. The van der Waals surface area contributed by atoms with Crippen LogP contribution in [0.4, 0.5) is 5.69 Å². The van der Waals surface area contributed by atoms with Crippen LogP contribution in [0.3, 0.4) is 0 Å². The third kappa shape index (κ3) is 4.99. The number of thiocarbonyl (C=S) groups is 1. The highest BCUT2D eigenvalue weighted by molar-refractivity contribution is 8.26. The van der Waals surface area contributed by atoms with Gasteiger partial charge >= 0.3 is 0 Å². The van der Waals surface area contributed by atoms with Crippen LogP contribution in [0.15, 0.2) is 53.4 Å². The van der Waals surface area contributed by atoms with Crippen molar-refractivity contribution in [1.29, 1.82) is 0 Å². The minimum atomic E-state index is -0.289. The van der Waals surface area contributed by atoms with E-state index in [1.807, 2.05) is 62.4 Å². The number of ether oxygens (including phenoxy) is 1. The van der Waals surface area contributed by atoms with E-state index in [4.69, 9.17) is 17.0 Å². The van der Waals surface area contributed by atoms with Gasteiger partial charge in [0.05, 0.1) is 11.5 Å². The van der Waals surface area contributed by atoms with E-state index in [-0.39, 0.29) is 18.4 Å². The molecule has 2 aromatic carbocycles. The molecular weight excluding hydrogens is 392 g/mol. The molecule has 2 amide bonds. The highest BCUT2D eigenvalue weighted by Crippen LogP contribution is 2.32. The predicted molar refractivity (Wildman–Crippen MR) is 117 cm³/mol. The second-order valence-corrected chi connectivity index (χ2v) is 7.86. The Morgan fingerprint density at radius 3 is 2.50 bits per heavy atom. The lowest BCUT2D eigenvalue weighted by atomic mass is 10.2. The van der Waals surface area contributed by atoms with Gasteiger partial charge in [-0.25, -0.2) is 0 Å². The van der Waals surface area contributed by atoms with Gasteiger partial charge in [0.2, 0.25) is 5.91 Å². The molecule has 0 atom stereocenters. The summed E-state index contributed by atoms with van der Waals surface area (Å²) in [6, 6.07) is 14.9. The summed E-state index contributed by atoms with van der Waals surface area (Å²) in [5, 5.41) is 2.78. The zero-order valence-corrected chi connectivity index (χ0v) is 17.2. The molecule has 1 fully saturated rings. The maximum Gasteiger partial charge on any atom is 0.266 e. The van der Waals surface area contributed by atoms with Crippen molar-refractivity contribution in [3.05, 3.63) is 64.6 Å². The zero-order chi connectivity index (χ0) is 20.1. The van der Waals surface area contributed by atoms with Gasteiger partial charge in [-0.3, -0.25) is 14.5 Å². The molecule has 0 aliphatic carbocycles. The molecule has 7 heteroatoms. The highest BCUT2D eigenvalue weighted by Gasteiger charge is 2.33. The second-order valence-electron chi connectivity index (χ2n) is 6.18. The van der Waals surface area contributed by atoms with Gasteiger partial charge in [-0.1, -0.05) is 53.8 Å². The predicted octanol–water partition coefficient (Wildman–Crippen LogP) is 4.23. The number of carbonyl (C=O) groups excluding carboxylic acids is 2. The number of hydrogen-bond acceptors (Lipinski definition) is 5. The lowest BCUT2D eigenvalue weighted by Gasteiger charge is -2.14. The Kier molecular flexibility index (Phi) is 6.49. The van der Waals surface area contributed by atoms with Gasteiger partial charge in [0, 0.05) is 5.69 Å². The monoisotopic (exact) mass is 412 g/mol. The van der Waals surface area contributed by atoms with Gasteiger partial charge < -0.3 is 10.1 Å². The molecule has 1 N–H and O–H groups in total. The zero-order valence-electron chi connectivity index (χ0n) is 15.6. The number of nitrogens with one attached hydrogen (secondary N) is 1. The van der Waals surface area contributed by atoms with Gasteiger partial charge in [0.25, 0.3) is 5.91 Å². The molecule has 1 aliphatic rings. The fraction of sp³-hybridized carbons (Fsp3) is 0.190. The van der Waals surface area contributed by atoms with E-state index in [1.165, 1.54) is 16.7 Å². The van der Waals surface area contributed by atoms with Crippen molar-refractivity contribution < 1.29 is 14.3 Å². The number of aryl methyl sites for hydroxylation is 1. The van der Waals surface area contributed by atoms with Crippen LogP contribution in [-0.4, -0.2) is 34.2 Å². The summed E-state index contributed by atoms with van der Waals surface area (Å²) in [5.74, 6) is 0.227. The van der Waals surface area contributed by atoms with E-state index in [0.29, 0.717) is 21.5 Å². The Morgan fingerprint density at radius 1 is 1.18 bits per heavy atom. The first kappa shape index (κ1) is 20.1. The molecule has 0 saturated carbocycles. The van der Waals surface area contributed by atoms with Crippen LogP contribution in [-0.2, 0) is 9.59 Å². The summed E-state index contributed by atoms with van der Waals surface area (Å²) >= 11 is 6.49. The average molecular weight is 413 g/mol. The Labute approximate surface area is 173 Å². The number of rotatable bonds is 6. The summed E-state index contributed by atoms with van der Waals surface area (Å²) < 4.78 is 5.79. The largest absolute Gasteiger partial charge is 0.494 e. The van der Waals surface area contributed by atoms with Crippen LogP contribution in [0.25, 0.3) is 6.08 Å². The minimum absolute atomic E-state index is 0.112. The van der Waals surface area contributed by atoms with Crippen molar-refractivity contribution in [2.24, 2.45) is 0 Å². The van der Waals surface area contributed by atoms with Crippen LogP contribution >= 0.6 is 24.0 Å². The van der Waals surface area contributed by atoms with Crippen LogP contribution in [0.5, 0.6) is 5.75 Å². The molecule has 0 spiro atoms. The van der Waals surface area contributed by atoms with Gasteiger partial charge in [0.1, 0.15) is 16.6 Å². The SMILES string of the molecule is CCOc1ccc(/C=C2/SC(=S)N(CC(=O)Nc3ccc(C)cc3)C2=O)cc1. The number of thioether (sulfide) groups is 1. The molecule has 28 heavy (non-hydrogen) atoms. The number of benzene rings is 2. The van der Waals surface area contributed by atoms with Gasteiger partial charge in [-0.2, -0.15) is 0 Å². The molecule has 2 aromatic rings. The Balaban J connectivity index is 1.65. The van der Waals surface area contributed by atoms with Gasteiger partial charge in [-0.05, 0) is 49.8 Å². The Hall–Kier alpha value is -2.64. The van der Waals surface area contributed by atoms with E-state index < -0.39 is 0 Å². The summed E-state index contributed by atoms with van der Waals surface area (Å²) in [4.78, 5) is 26.8. The molecule has 1 saturated heterocycles. The average Bonchev–Trinajstić information content (AvgIpc) is 2.93. The third-order valence-electron chi connectivity index (χ3n) is 4.00. The lowest BCUT2D eigenvalue weighted by Crippen LogP contribution is -2.36. The fourth-order valence-electron chi connectivity index (χ4n) is 2.60. The van der Waals surface area contributed by atoms with E-state index >= 15 is 0 Å².